The number of hydrogen-bond acceptors (Lipinski definition) is 3. The van der Waals surface area contributed by atoms with Gasteiger partial charge in [-0.05, 0) is 43.2 Å². The Morgan fingerprint density at radius 3 is 2.48 bits per heavy atom. The summed E-state index contributed by atoms with van der Waals surface area (Å²) in [6.07, 6.45) is 2.18. The summed E-state index contributed by atoms with van der Waals surface area (Å²) >= 11 is 0. The Balaban J connectivity index is 1.87. The SMILES string of the molecule is COc1ccc(-c2cc(C(=O)N3CCCC3)n(C)n2)cc1. The average Bonchev–Trinajstić information content (AvgIpc) is 3.16. The normalized spacial score (nSPS) is 14.5. The van der Waals surface area contributed by atoms with E-state index in [0.29, 0.717) is 5.69 Å². The van der Waals surface area contributed by atoms with Gasteiger partial charge in [0.15, 0.2) is 0 Å². The number of amides is 1. The molecule has 110 valence electrons. The first kappa shape index (κ1) is 13.7. The van der Waals surface area contributed by atoms with Crippen molar-refractivity contribution in [3.05, 3.63) is 36.0 Å². The van der Waals surface area contributed by atoms with Crippen molar-refractivity contribution in [2.45, 2.75) is 12.8 Å². The highest BCUT2D eigenvalue weighted by Crippen LogP contribution is 2.23. The third-order valence-electron chi connectivity index (χ3n) is 3.88. The standard InChI is InChI=1S/C16H19N3O2/c1-18-15(16(20)19-9-3-4-10-19)11-14(17-18)12-5-7-13(21-2)8-6-12/h5-8,11H,3-4,9-10H2,1-2H3. The van der Waals surface area contributed by atoms with E-state index in [1.807, 2.05) is 42.3 Å². The Morgan fingerprint density at radius 1 is 1.19 bits per heavy atom. The highest BCUT2D eigenvalue weighted by Gasteiger charge is 2.23. The van der Waals surface area contributed by atoms with Crippen LogP contribution in [0.5, 0.6) is 5.75 Å². The summed E-state index contributed by atoms with van der Waals surface area (Å²) in [5.74, 6) is 0.880. The van der Waals surface area contributed by atoms with E-state index in [2.05, 4.69) is 5.10 Å². The topological polar surface area (TPSA) is 47.4 Å². The lowest BCUT2D eigenvalue weighted by Crippen LogP contribution is -2.29. The van der Waals surface area contributed by atoms with Crippen LogP contribution in [-0.2, 0) is 7.05 Å². The van der Waals surface area contributed by atoms with Crippen molar-refractivity contribution in [2.75, 3.05) is 20.2 Å². The van der Waals surface area contributed by atoms with Crippen LogP contribution in [0.25, 0.3) is 11.3 Å². The summed E-state index contributed by atoms with van der Waals surface area (Å²) in [6, 6.07) is 9.55. The van der Waals surface area contributed by atoms with Crippen LogP contribution in [-0.4, -0.2) is 40.8 Å². The first-order valence-corrected chi connectivity index (χ1v) is 7.17. The maximum Gasteiger partial charge on any atom is 0.272 e. The quantitative estimate of drug-likeness (QED) is 0.869. The van der Waals surface area contributed by atoms with Crippen molar-refractivity contribution < 1.29 is 9.53 Å². The van der Waals surface area contributed by atoms with Gasteiger partial charge in [0.05, 0.1) is 12.8 Å². The van der Waals surface area contributed by atoms with Crippen LogP contribution in [0.15, 0.2) is 30.3 Å². The van der Waals surface area contributed by atoms with E-state index in [0.717, 1.165) is 42.9 Å². The first-order valence-electron chi connectivity index (χ1n) is 7.17. The van der Waals surface area contributed by atoms with E-state index in [4.69, 9.17) is 4.74 Å². The minimum absolute atomic E-state index is 0.0715. The fourth-order valence-corrected chi connectivity index (χ4v) is 2.65. The van der Waals surface area contributed by atoms with E-state index in [1.165, 1.54) is 0 Å². The molecule has 0 unspecified atom stereocenters. The molecule has 1 aromatic carbocycles. The van der Waals surface area contributed by atoms with Crippen molar-refractivity contribution in [1.29, 1.82) is 0 Å². The minimum atomic E-state index is 0.0715. The number of methoxy groups -OCH3 is 1. The number of benzene rings is 1. The highest BCUT2D eigenvalue weighted by atomic mass is 16.5. The highest BCUT2D eigenvalue weighted by molar-refractivity contribution is 5.93. The minimum Gasteiger partial charge on any atom is -0.497 e. The molecule has 1 fully saturated rings. The van der Waals surface area contributed by atoms with Gasteiger partial charge < -0.3 is 9.64 Å². The molecule has 0 spiro atoms. The van der Waals surface area contributed by atoms with Gasteiger partial charge in [-0.2, -0.15) is 5.10 Å². The second kappa shape index (κ2) is 5.60. The van der Waals surface area contributed by atoms with Gasteiger partial charge >= 0.3 is 0 Å². The van der Waals surface area contributed by atoms with Crippen LogP contribution in [0.2, 0.25) is 0 Å². The maximum absolute atomic E-state index is 12.5. The number of ether oxygens (including phenoxy) is 1. The molecule has 0 radical (unpaired) electrons. The van der Waals surface area contributed by atoms with E-state index in [-0.39, 0.29) is 5.91 Å². The van der Waals surface area contributed by atoms with Crippen LogP contribution < -0.4 is 4.74 Å². The molecule has 1 aliphatic heterocycles. The lowest BCUT2D eigenvalue weighted by molar-refractivity contribution is 0.0782. The molecule has 5 heteroatoms. The summed E-state index contributed by atoms with van der Waals surface area (Å²) in [5, 5.41) is 4.46. The van der Waals surface area contributed by atoms with Crippen LogP contribution in [0, 0.1) is 0 Å². The smallest absolute Gasteiger partial charge is 0.272 e. The van der Waals surface area contributed by atoms with Crippen LogP contribution in [0.3, 0.4) is 0 Å². The number of likely N-dealkylation sites (tertiary alicyclic amines) is 1. The van der Waals surface area contributed by atoms with Crippen LogP contribution in [0.4, 0.5) is 0 Å². The summed E-state index contributed by atoms with van der Waals surface area (Å²) in [7, 11) is 3.46. The molecule has 5 nitrogen and oxygen atoms in total. The summed E-state index contributed by atoms with van der Waals surface area (Å²) < 4.78 is 6.82. The molecule has 0 saturated carbocycles. The van der Waals surface area contributed by atoms with Gasteiger partial charge in [0.2, 0.25) is 0 Å². The molecule has 0 bridgehead atoms. The molecule has 21 heavy (non-hydrogen) atoms. The molecule has 0 aliphatic carbocycles. The summed E-state index contributed by atoms with van der Waals surface area (Å²) in [6.45, 7) is 1.70. The van der Waals surface area contributed by atoms with Gasteiger partial charge in [0.25, 0.3) is 5.91 Å². The molecule has 1 aliphatic rings. The van der Waals surface area contributed by atoms with Crippen LogP contribution >= 0.6 is 0 Å². The lowest BCUT2D eigenvalue weighted by Gasteiger charge is -2.14. The number of rotatable bonds is 3. The Kier molecular flexibility index (Phi) is 3.64. The number of aromatic nitrogens is 2. The third kappa shape index (κ3) is 2.63. The molecule has 1 aromatic heterocycles. The number of carbonyl (C=O) groups excluding carboxylic acids is 1. The van der Waals surface area contributed by atoms with Crippen LogP contribution in [0.1, 0.15) is 23.3 Å². The number of hydrogen-bond donors (Lipinski definition) is 0. The molecule has 1 amide bonds. The third-order valence-corrected chi connectivity index (χ3v) is 3.88. The average molecular weight is 285 g/mol. The van der Waals surface area contributed by atoms with Gasteiger partial charge in [-0.1, -0.05) is 0 Å². The van der Waals surface area contributed by atoms with Gasteiger partial charge in [-0.15, -0.1) is 0 Å². The van der Waals surface area contributed by atoms with Gasteiger partial charge in [0, 0.05) is 25.7 Å². The van der Waals surface area contributed by atoms with Crippen molar-refractivity contribution in [1.82, 2.24) is 14.7 Å². The molecule has 0 N–H and O–H groups in total. The molecular weight excluding hydrogens is 266 g/mol. The number of carbonyl (C=O) groups is 1. The zero-order valence-corrected chi connectivity index (χ0v) is 12.4. The van der Waals surface area contributed by atoms with Gasteiger partial charge in [0.1, 0.15) is 11.4 Å². The maximum atomic E-state index is 12.5. The van der Waals surface area contributed by atoms with E-state index >= 15 is 0 Å². The molecule has 2 aromatic rings. The van der Waals surface area contributed by atoms with Gasteiger partial charge in [-0.25, -0.2) is 0 Å². The van der Waals surface area contributed by atoms with Crippen molar-refractivity contribution in [3.8, 4) is 17.0 Å². The Labute approximate surface area is 124 Å². The number of aryl methyl sites for hydroxylation is 1. The molecule has 1 saturated heterocycles. The Morgan fingerprint density at radius 2 is 1.86 bits per heavy atom. The van der Waals surface area contributed by atoms with E-state index < -0.39 is 0 Å². The largest absolute Gasteiger partial charge is 0.497 e. The summed E-state index contributed by atoms with van der Waals surface area (Å²) in [5.41, 5.74) is 2.43. The predicted molar refractivity (Wildman–Crippen MR) is 80.3 cm³/mol. The monoisotopic (exact) mass is 285 g/mol. The molecular formula is C16H19N3O2. The first-order chi connectivity index (χ1) is 10.2. The van der Waals surface area contributed by atoms with Crippen molar-refractivity contribution in [2.24, 2.45) is 7.05 Å². The van der Waals surface area contributed by atoms with Crippen molar-refractivity contribution in [3.63, 3.8) is 0 Å². The zero-order chi connectivity index (χ0) is 14.8. The second-order valence-electron chi connectivity index (χ2n) is 5.27. The fourth-order valence-electron chi connectivity index (χ4n) is 2.65. The van der Waals surface area contributed by atoms with Gasteiger partial charge in [-0.3, -0.25) is 9.48 Å². The zero-order valence-electron chi connectivity index (χ0n) is 12.4. The predicted octanol–water partition coefficient (Wildman–Crippen LogP) is 2.33. The van der Waals surface area contributed by atoms with E-state index in [9.17, 15) is 4.79 Å². The Hall–Kier alpha value is -2.30. The second-order valence-corrected chi connectivity index (χ2v) is 5.27. The number of nitrogens with zero attached hydrogens (tertiary/aromatic N) is 3. The van der Waals surface area contributed by atoms with Crippen molar-refractivity contribution >= 4 is 5.91 Å². The lowest BCUT2D eigenvalue weighted by atomic mass is 10.1. The summed E-state index contributed by atoms with van der Waals surface area (Å²) in [4.78, 5) is 14.4. The van der Waals surface area contributed by atoms with E-state index in [1.54, 1.807) is 11.8 Å². The molecule has 3 rings (SSSR count). The Bertz CT molecular complexity index is 640. The molecule has 0 atom stereocenters. The molecule has 2 heterocycles. The fraction of sp³-hybridized carbons (Fsp3) is 0.375.